The van der Waals surface area contributed by atoms with Gasteiger partial charge in [-0.15, -0.1) is 0 Å². The van der Waals surface area contributed by atoms with Crippen LogP contribution in [0.2, 0.25) is 0 Å². The van der Waals surface area contributed by atoms with Crippen LogP contribution in [0.3, 0.4) is 0 Å². The maximum absolute atomic E-state index is 11.9. The van der Waals surface area contributed by atoms with Crippen molar-refractivity contribution in [2.24, 2.45) is 0 Å². The molecule has 0 heterocycles. The number of carbonyl (C=O) groups excluding carboxylic acids is 1. The topological polar surface area (TPSA) is 63.2 Å². The van der Waals surface area contributed by atoms with Crippen LogP contribution in [0.25, 0.3) is 11.1 Å². The number of hydrogen-bond donors (Lipinski definition) is 0. The lowest BCUT2D eigenvalue weighted by Gasteiger charge is -2.23. The minimum absolute atomic E-state index is 0.435. The van der Waals surface area contributed by atoms with E-state index in [2.05, 4.69) is 6.58 Å². The predicted octanol–water partition coefficient (Wildman–Crippen LogP) is 4.94. The van der Waals surface area contributed by atoms with E-state index in [1.807, 2.05) is 39.8 Å². The van der Waals surface area contributed by atoms with Crippen LogP contribution >= 0.6 is 0 Å². The van der Waals surface area contributed by atoms with Gasteiger partial charge in [-0.2, -0.15) is 0 Å². The zero-order valence-electron chi connectivity index (χ0n) is 18.0. The smallest absolute Gasteiger partial charge is 0.335 e. The summed E-state index contributed by atoms with van der Waals surface area (Å²) in [5.74, 6) is 2.18. The summed E-state index contributed by atoms with van der Waals surface area (Å²) in [4.78, 5) is 11.9. The van der Waals surface area contributed by atoms with Gasteiger partial charge < -0.3 is 23.7 Å². The third-order valence-electron chi connectivity index (χ3n) is 4.68. The highest BCUT2D eigenvalue weighted by Crippen LogP contribution is 2.59. The zero-order chi connectivity index (χ0) is 21.7. The Labute approximate surface area is 177 Å². The summed E-state index contributed by atoms with van der Waals surface area (Å²) in [6, 6.07) is 5.64. The quantitative estimate of drug-likeness (QED) is 0.267. The second kappa shape index (κ2) is 9.57. The summed E-state index contributed by atoms with van der Waals surface area (Å²) in [7, 11) is 0. The molecule has 0 spiro atoms. The van der Waals surface area contributed by atoms with Gasteiger partial charge in [0.25, 0.3) is 0 Å². The fourth-order valence-corrected chi connectivity index (χ4v) is 3.70. The Kier molecular flexibility index (Phi) is 6.87. The van der Waals surface area contributed by atoms with Crippen LogP contribution in [0, 0.1) is 0 Å². The molecule has 3 rings (SSSR count). The summed E-state index contributed by atoms with van der Waals surface area (Å²) in [6.45, 7) is 13.0. The third kappa shape index (κ3) is 3.82. The molecule has 0 fully saturated rings. The zero-order valence-corrected chi connectivity index (χ0v) is 18.0. The first-order valence-electron chi connectivity index (χ1n) is 10.3. The first-order chi connectivity index (χ1) is 14.6. The molecule has 0 bridgehead atoms. The molecule has 0 saturated carbocycles. The van der Waals surface area contributed by atoms with Gasteiger partial charge in [0.1, 0.15) is 5.75 Å². The molecule has 0 amide bonds. The van der Waals surface area contributed by atoms with Gasteiger partial charge in [-0.3, -0.25) is 0 Å². The standard InChI is InChI=1S/C24H28O6/c1-6-18(25)30-17-13-11-12-15-14-16-20(19(15)17)22(27-8-3)24(29-10-5)23(28-9-4)21(16)26-7-2/h6,11-13H,1,7-10,14H2,2-5H3. The maximum atomic E-state index is 11.9. The average molecular weight is 412 g/mol. The maximum Gasteiger partial charge on any atom is 0.335 e. The van der Waals surface area contributed by atoms with E-state index >= 15 is 0 Å². The molecule has 2 aromatic rings. The van der Waals surface area contributed by atoms with Crippen LogP contribution in [0.15, 0.2) is 30.9 Å². The van der Waals surface area contributed by atoms with Crippen LogP contribution in [-0.2, 0) is 11.2 Å². The highest BCUT2D eigenvalue weighted by molar-refractivity contribution is 5.94. The van der Waals surface area contributed by atoms with E-state index in [-0.39, 0.29) is 0 Å². The van der Waals surface area contributed by atoms with Crippen molar-refractivity contribution >= 4 is 5.97 Å². The van der Waals surface area contributed by atoms with Gasteiger partial charge >= 0.3 is 5.97 Å². The normalized spacial score (nSPS) is 11.3. The van der Waals surface area contributed by atoms with E-state index in [0.717, 1.165) is 28.3 Å². The van der Waals surface area contributed by atoms with Gasteiger partial charge in [0.05, 0.1) is 26.4 Å². The van der Waals surface area contributed by atoms with Crippen molar-refractivity contribution in [2.45, 2.75) is 34.1 Å². The van der Waals surface area contributed by atoms with Crippen molar-refractivity contribution in [3.8, 4) is 39.9 Å². The van der Waals surface area contributed by atoms with E-state index in [4.69, 9.17) is 23.7 Å². The van der Waals surface area contributed by atoms with E-state index < -0.39 is 5.97 Å². The molecule has 30 heavy (non-hydrogen) atoms. The lowest BCUT2D eigenvalue weighted by atomic mass is 10.0. The first kappa shape index (κ1) is 21.6. The lowest BCUT2D eigenvalue weighted by molar-refractivity contribution is -0.128. The minimum atomic E-state index is -0.518. The number of hydrogen-bond acceptors (Lipinski definition) is 6. The molecule has 0 saturated heterocycles. The highest BCUT2D eigenvalue weighted by Gasteiger charge is 2.36. The van der Waals surface area contributed by atoms with Crippen molar-refractivity contribution in [1.82, 2.24) is 0 Å². The van der Waals surface area contributed by atoms with Crippen molar-refractivity contribution in [3.63, 3.8) is 0 Å². The van der Waals surface area contributed by atoms with Crippen LogP contribution in [0.1, 0.15) is 38.8 Å². The monoisotopic (exact) mass is 412 g/mol. The molecule has 2 aromatic carbocycles. The van der Waals surface area contributed by atoms with Crippen molar-refractivity contribution in [2.75, 3.05) is 26.4 Å². The number of carbonyl (C=O) groups is 1. The number of ether oxygens (including phenoxy) is 5. The molecule has 0 aliphatic heterocycles. The van der Waals surface area contributed by atoms with Crippen LogP contribution < -0.4 is 23.7 Å². The van der Waals surface area contributed by atoms with Gasteiger partial charge in [-0.1, -0.05) is 18.7 Å². The Hall–Kier alpha value is -3.15. The Morgan fingerprint density at radius 3 is 2.03 bits per heavy atom. The largest absolute Gasteiger partial charge is 0.490 e. The average Bonchev–Trinajstić information content (AvgIpc) is 3.13. The molecule has 160 valence electrons. The molecular weight excluding hydrogens is 384 g/mol. The summed E-state index contributed by atoms with van der Waals surface area (Å²) >= 11 is 0. The number of esters is 1. The number of benzene rings is 2. The Bertz CT molecular complexity index is 947. The van der Waals surface area contributed by atoms with Crippen LogP contribution in [0.5, 0.6) is 28.7 Å². The molecule has 0 atom stereocenters. The third-order valence-corrected chi connectivity index (χ3v) is 4.68. The molecule has 0 unspecified atom stereocenters. The Morgan fingerprint density at radius 1 is 0.867 bits per heavy atom. The van der Waals surface area contributed by atoms with Crippen LogP contribution in [0.4, 0.5) is 0 Å². The second-order valence-electron chi connectivity index (χ2n) is 6.49. The molecular formula is C24H28O6. The molecule has 6 heteroatoms. The van der Waals surface area contributed by atoms with E-state index in [1.165, 1.54) is 0 Å². The SMILES string of the molecule is C=CC(=O)Oc1cccc2c1-c1c(c(OCC)c(OCC)c(OCC)c1OCC)C2. The fraction of sp³-hybridized carbons (Fsp3) is 0.375. The van der Waals surface area contributed by atoms with E-state index in [9.17, 15) is 4.79 Å². The fourth-order valence-electron chi connectivity index (χ4n) is 3.70. The first-order valence-corrected chi connectivity index (χ1v) is 10.3. The van der Waals surface area contributed by atoms with Gasteiger partial charge in [-0.25, -0.2) is 4.79 Å². The summed E-state index contributed by atoms with van der Waals surface area (Å²) < 4.78 is 29.6. The molecule has 0 radical (unpaired) electrons. The van der Waals surface area contributed by atoms with Crippen molar-refractivity contribution in [1.29, 1.82) is 0 Å². The summed E-state index contributed by atoms with van der Waals surface area (Å²) in [5.41, 5.74) is 3.56. The minimum Gasteiger partial charge on any atom is -0.490 e. The van der Waals surface area contributed by atoms with Gasteiger partial charge in [0.15, 0.2) is 11.5 Å². The van der Waals surface area contributed by atoms with E-state index in [0.29, 0.717) is 61.6 Å². The Balaban J connectivity index is 2.36. The van der Waals surface area contributed by atoms with Crippen molar-refractivity contribution in [3.05, 3.63) is 42.0 Å². The molecule has 6 nitrogen and oxygen atoms in total. The second-order valence-corrected chi connectivity index (χ2v) is 6.49. The summed E-state index contributed by atoms with van der Waals surface area (Å²) in [6.07, 6.45) is 1.75. The Morgan fingerprint density at radius 2 is 1.43 bits per heavy atom. The number of fused-ring (bicyclic) bond motifs is 3. The van der Waals surface area contributed by atoms with Gasteiger partial charge in [0, 0.05) is 29.2 Å². The van der Waals surface area contributed by atoms with Gasteiger partial charge in [0.2, 0.25) is 11.5 Å². The molecule has 0 aromatic heterocycles. The molecule has 0 N–H and O–H groups in total. The van der Waals surface area contributed by atoms with Crippen molar-refractivity contribution < 1.29 is 28.5 Å². The lowest BCUT2D eigenvalue weighted by Crippen LogP contribution is -2.08. The highest BCUT2D eigenvalue weighted by atomic mass is 16.6. The summed E-state index contributed by atoms with van der Waals surface area (Å²) in [5, 5.41) is 0. The molecule has 1 aliphatic carbocycles. The van der Waals surface area contributed by atoms with E-state index in [1.54, 1.807) is 6.07 Å². The van der Waals surface area contributed by atoms with Gasteiger partial charge in [-0.05, 0) is 39.3 Å². The molecule has 1 aliphatic rings. The predicted molar refractivity (Wildman–Crippen MR) is 115 cm³/mol. The number of rotatable bonds is 10. The van der Waals surface area contributed by atoms with Crippen LogP contribution in [-0.4, -0.2) is 32.4 Å².